The average Bonchev–Trinajstić information content (AvgIpc) is 2.57. The Kier molecular flexibility index (Phi) is 6.94. The van der Waals surface area contributed by atoms with Gasteiger partial charge in [0.15, 0.2) is 5.96 Å². The van der Waals surface area contributed by atoms with E-state index in [2.05, 4.69) is 15.6 Å². The van der Waals surface area contributed by atoms with Gasteiger partial charge in [0.05, 0.1) is 6.61 Å². The Balaban J connectivity index is 1.75. The number of nitrogens with one attached hydrogen (secondary N) is 2. The summed E-state index contributed by atoms with van der Waals surface area (Å²) in [6.07, 6.45) is 0.914. The molecule has 0 unspecified atom stereocenters. The molecule has 0 radical (unpaired) electrons. The van der Waals surface area contributed by atoms with Crippen LogP contribution < -0.4 is 16.4 Å². The number of ether oxygens (including phenoxy) is 1. The van der Waals surface area contributed by atoms with E-state index in [1.54, 1.807) is 7.11 Å². The van der Waals surface area contributed by atoms with Crippen LogP contribution in [0.5, 0.6) is 0 Å². The molecule has 0 saturated heterocycles. The molecule has 2 aromatic carbocycles. The fourth-order valence-electron chi connectivity index (χ4n) is 2.17. The Morgan fingerprint density at radius 1 is 1.09 bits per heavy atom. The van der Waals surface area contributed by atoms with Gasteiger partial charge in [-0.25, -0.2) is 0 Å². The Labute approximate surface area is 137 Å². The second kappa shape index (κ2) is 9.48. The van der Waals surface area contributed by atoms with Crippen molar-refractivity contribution in [3.05, 3.63) is 60.2 Å². The maximum Gasteiger partial charge on any atom is 0.193 e. The molecule has 0 fully saturated rings. The molecular weight excluding hydrogens is 288 g/mol. The van der Waals surface area contributed by atoms with Crippen LogP contribution in [0, 0.1) is 0 Å². The largest absolute Gasteiger partial charge is 0.385 e. The second-order valence-electron chi connectivity index (χ2n) is 5.13. The molecule has 2 aromatic rings. The van der Waals surface area contributed by atoms with Crippen LogP contribution in [0.25, 0.3) is 0 Å². The molecule has 0 saturated carbocycles. The smallest absolute Gasteiger partial charge is 0.193 e. The lowest BCUT2D eigenvalue weighted by Crippen LogP contribution is -2.23. The minimum atomic E-state index is 0.424. The lowest BCUT2D eigenvalue weighted by Gasteiger charge is -2.11. The molecule has 5 heteroatoms. The predicted octanol–water partition coefficient (Wildman–Crippen LogP) is 3.06. The summed E-state index contributed by atoms with van der Waals surface area (Å²) in [6.45, 7) is 2.07. The summed E-state index contributed by atoms with van der Waals surface area (Å²) in [7, 11) is 1.67. The lowest BCUT2D eigenvalue weighted by molar-refractivity contribution is 0.185. The zero-order valence-electron chi connectivity index (χ0n) is 13.5. The lowest BCUT2D eigenvalue weighted by atomic mass is 10.2. The molecule has 0 heterocycles. The summed E-state index contributed by atoms with van der Waals surface area (Å²) in [5, 5.41) is 6.48. The van der Waals surface area contributed by atoms with Gasteiger partial charge in [-0.1, -0.05) is 36.4 Å². The Hall–Kier alpha value is -2.53. The van der Waals surface area contributed by atoms with Gasteiger partial charge in [-0.2, -0.15) is 0 Å². The van der Waals surface area contributed by atoms with Crippen LogP contribution in [-0.4, -0.2) is 26.2 Å². The van der Waals surface area contributed by atoms with E-state index < -0.39 is 0 Å². The van der Waals surface area contributed by atoms with Gasteiger partial charge in [0.2, 0.25) is 0 Å². The minimum absolute atomic E-state index is 0.424. The van der Waals surface area contributed by atoms with E-state index in [1.807, 2.05) is 54.6 Å². The van der Waals surface area contributed by atoms with Gasteiger partial charge in [0.25, 0.3) is 0 Å². The van der Waals surface area contributed by atoms with Crippen LogP contribution in [0.15, 0.2) is 59.6 Å². The summed E-state index contributed by atoms with van der Waals surface area (Å²) in [4.78, 5) is 4.35. The average molecular weight is 312 g/mol. The number of guanidine groups is 1. The molecule has 0 spiro atoms. The molecular formula is C18H24N4O. The van der Waals surface area contributed by atoms with Gasteiger partial charge >= 0.3 is 0 Å². The Bertz CT molecular complexity index is 613. The molecule has 0 aliphatic carbocycles. The van der Waals surface area contributed by atoms with Gasteiger partial charge in [-0.05, 0) is 24.6 Å². The molecule has 0 aromatic heterocycles. The Morgan fingerprint density at radius 2 is 1.83 bits per heavy atom. The molecule has 2 rings (SSSR count). The molecule has 0 bridgehead atoms. The van der Waals surface area contributed by atoms with E-state index >= 15 is 0 Å². The first-order valence-electron chi connectivity index (χ1n) is 7.72. The van der Waals surface area contributed by atoms with Crippen molar-refractivity contribution >= 4 is 17.3 Å². The number of aliphatic imine (C=N–C) groups is 1. The van der Waals surface area contributed by atoms with E-state index in [9.17, 15) is 0 Å². The zero-order chi connectivity index (χ0) is 16.3. The third-order valence-electron chi connectivity index (χ3n) is 3.30. The number of hydrogen-bond acceptors (Lipinski definition) is 3. The maximum absolute atomic E-state index is 5.94. The summed E-state index contributed by atoms with van der Waals surface area (Å²) < 4.78 is 5.18. The summed E-state index contributed by atoms with van der Waals surface area (Å²) >= 11 is 0. The number of nitrogens with two attached hydrogens (primary N) is 1. The molecule has 0 amide bonds. The Morgan fingerprint density at radius 3 is 2.61 bits per heavy atom. The van der Waals surface area contributed by atoms with Gasteiger partial charge < -0.3 is 21.1 Å². The number of rotatable bonds is 8. The van der Waals surface area contributed by atoms with Crippen molar-refractivity contribution in [3.8, 4) is 0 Å². The molecule has 0 atom stereocenters. The standard InChI is InChI=1S/C18H24N4O/c1-23-14-15-8-5-6-11-17(15)22-18(19)21-13-7-12-20-16-9-3-2-4-10-16/h2-6,8-11,20H,7,12-14H2,1H3,(H3,19,21,22). The predicted molar refractivity (Wildman–Crippen MR) is 96.8 cm³/mol. The monoisotopic (exact) mass is 312 g/mol. The van der Waals surface area contributed by atoms with Crippen LogP contribution in [0.2, 0.25) is 0 Å². The van der Waals surface area contributed by atoms with E-state index in [0.717, 1.165) is 29.9 Å². The van der Waals surface area contributed by atoms with E-state index in [0.29, 0.717) is 19.1 Å². The summed E-state index contributed by atoms with van der Waals surface area (Å²) in [6, 6.07) is 18.0. The third kappa shape index (κ3) is 6.00. The first kappa shape index (κ1) is 16.8. The molecule has 4 N–H and O–H groups in total. The fourth-order valence-corrected chi connectivity index (χ4v) is 2.17. The molecule has 122 valence electrons. The molecule has 0 aliphatic rings. The second-order valence-corrected chi connectivity index (χ2v) is 5.13. The summed E-state index contributed by atoms with van der Waals surface area (Å²) in [5.74, 6) is 0.424. The molecule has 5 nitrogen and oxygen atoms in total. The minimum Gasteiger partial charge on any atom is -0.385 e. The summed E-state index contributed by atoms with van der Waals surface area (Å²) in [5.41, 5.74) is 9.05. The number of para-hydroxylation sites is 2. The van der Waals surface area contributed by atoms with Crippen molar-refractivity contribution in [1.29, 1.82) is 0 Å². The highest BCUT2D eigenvalue weighted by molar-refractivity contribution is 5.92. The number of hydrogen-bond donors (Lipinski definition) is 3. The van der Waals surface area contributed by atoms with Gasteiger partial charge in [0, 0.05) is 37.1 Å². The third-order valence-corrected chi connectivity index (χ3v) is 3.30. The van der Waals surface area contributed by atoms with Crippen molar-refractivity contribution in [2.75, 3.05) is 30.8 Å². The van der Waals surface area contributed by atoms with Gasteiger partial charge in [0.1, 0.15) is 0 Å². The molecule has 23 heavy (non-hydrogen) atoms. The van der Waals surface area contributed by atoms with Crippen molar-refractivity contribution < 1.29 is 4.74 Å². The van der Waals surface area contributed by atoms with Crippen LogP contribution in [0.4, 0.5) is 11.4 Å². The van der Waals surface area contributed by atoms with Crippen LogP contribution in [0.1, 0.15) is 12.0 Å². The zero-order valence-corrected chi connectivity index (χ0v) is 13.5. The van der Waals surface area contributed by atoms with Crippen LogP contribution in [-0.2, 0) is 11.3 Å². The van der Waals surface area contributed by atoms with Crippen molar-refractivity contribution in [2.24, 2.45) is 10.7 Å². The number of benzene rings is 2. The fraction of sp³-hybridized carbons (Fsp3) is 0.278. The van der Waals surface area contributed by atoms with E-state index in [4.69, 9.17) is 10.5 Å². The van der Waals surface area contributed by atoms with Crippen molar-refractivity contribution in [3.63, 3.8) is 0 Å². The SMILES string of the molecule is COCc1ccccc1NC(N)=NCCCNc1ccccc1. The highest BCUT2D eigenvalue weighted by Crippen LogP contribution is 2.15. The van der Waals surface area contributed by atoms with E-state index in [1.165, 1.54) is 0 Å². The van der Waals surface area contributed by atoms with E-state index in [-0.39, 0.29) is 0 Å². The normalized spacial score (nSPS) is 11.3. The van der Waals surface area contributed by atoms with Crippen LogP contribution in [0.3, 0.4) is 0 Å². The highest BCUT2D eigenvalue weighted by atomic mass is 16.5. The first-order valence-corrected chi connectivity index (χ1v) is 7.72. The first-order chi connectivity index (χ1) is 11.3. The molecule has 0 aliphatic heterocycles. The van der Waals surface area contributed by atoms with Crippen molar-refractivity contribution in [2.45, 2.75) is 13.0 Å². The number of anilines is 2. The highest BCUT2D eigenvalue weighted by Gasteiger charge is 2.02. The van der Waals surface area contributed by atoms with Gasteiger partial charge in [-0.15, -0.1) is 0 Å². The van der Waals surface area contributed by atoms with Crippen molar-refractivity contribution in [1.82, 2.24) is 0 Å². The van der Waals surface area contributed by atoms with Gasteiger partial charge in [-0.3, -0.25) is 4.99 Å². The quantitative estimate of drug-likeness (QED) is 0.398. The number of methoxy groups -OCH3 is 1. The van der Waals surface area contributed by atoms with Crippen LogP contribution >= 0.6 is 0 Å². The number of nitrogens with zero attached hydrogens (tertiary/aromatic N) is 1. The topological polar surface area (TPSA) is 71.7 Å². The maximum atomic E-state index is 5.94.